The molecular weight excluding hydrogens is 497 g/mol. The van der Waals surface area contributed by atoms with Gasteiger partial charge in [0.15, 0.2) is 0 Å². The Bertz CT molecular complexity index is 1290. The van der Waals surface area contributed by atoms with E-state index in [1.807, 2.05) is 6.07 Å². The summed E-state index contributed by atoms with van der Waals surface area (Å²) in [6.07, 6.45) is 0.525. The quantitative estimate of drug-likeness (QED) is 0.224. The van der Waals surface area contributed by atoms with E-state index >= 15 is 0 Å². The minimum atomic E-state index is -0.893. The van der Waals surface area contributed by atoms with Crippen molar-refractivity contribution in [1.82, 2.24) is 14.5 Å². The first-order valence-corrected chi connectivity index (χ1v) is 12.2. The highest BCUT2D eigenvalue weighted by Gasteiger charge is 2.22. The molecule has 0 aliphatic carbocycles. The fourth-order valence-corrected chi connectivity index (χ4v) is 3.56. The van der Waals surface area contributed by atoms with Gasteiger partial charge in [-0.1, -0.05) is 19.0 Å². The van der Waals surface area contributed by atoms with Crippen molar-refractivity contribution in [3.63, 3.8) is 0 Å². The molecule has 1 N–H and O–H groups in total. The summed E-state index contributed by atoms with van der Waals surface area (Å²) in [6.45, 7) is 6.91. The molecular formula is C26H34FN5O6. The molecule has 12 heteroatoms. The number of methoxy groups -OCH3 is 1. The lowest BCUT2D eigenvalue weighted by Crippen LogP contribution is -2.45. The third-order valence-corrected chi connectivity index (χ3v) is 5.55. The number of aromatic nitrogens is 2. The molecule has 1 unspecified atom stereocenters. The van der Waals surface area contributed by atoms with Crippen LogP contribution in [0.3, 0.4) is 0 Å². The third-order valence-electron chi connectivity index (χ3n) is 5.55. The van der Waals surface area contributed by atoms with Crippen LogP contribution in [0.5, 0.6) is 5.75 Å². The van der Waals surface area contributed by atoms with Gasteiger partial charge in [-0.3, -0.25) is 18.7 Å². The number of benzene rings is 1. The molecule has 0 aliphatic rings. The highest BCUT2D eigenvalue weighted by Crippen LogP contribution is 2.29. The van der Waals surface area contributed by atoms with E-state index in [9.17, 15) is 18.8 Å². The van der Waals surface area contributed by atoms with Gasteiger partial charge in [-0.25, -0.2) is 9.18 Å². The predicted molar refractivity (Wildman–Crippen MR) is 139 cm³/mol. The number of hydrogen-bond acceptors (Lipinski definition) is 8. The van der Waals surface area contributed by atoms with E-state index in [4.69, 9.17) is 19.6 Å². The molecule has 1 heterocycles. The molecule has 0 spiro atoms. The van der Waals surface area contributed by atoms with Crippen LogP contribution in [0, 0.1) is 23.1 Å². The fourth-order valence-electron chi connectivity index (χ4n) is 3.56. The van der Waals surface area contributed by atoms with Gasteiger partial charge in [0, 0.05) is 30.8 Å². The average molecular weight is 532 g/mol. The van der Waals surface area contributed by atoms with E-state index in [0.717, 1.165) is 4.57 Å². The number of amides is 1. The first-order chi connectivity index (χ1) is 18.1. The number of ether oxygens (including phenoxy) is 2. The second-order valence-corrected chi connectivity index (χ2v) is 8.63. The fraction of sp³-hybridized carbons (Fsp3) is 0.500. The molecule has 1 atom stereocenters. The van der Waals surface area contributed by atoms with Crippen LogP contribution in [-0.4, -0.2) is 47.6 Å². The van der Waals surface area contributed by atoms with Crippen molar-refractivity contribution >= 4 is 11.6 Å². The van der Waals surface area contributed by atoms with E-state index in [0.29, 0.717) is 11.3 Å². The van der Waals surface area contributed by atoms with E-state index in [1.54, 1.807) is 27.7 Å². The molecule has 2 rings (SSSR count). The van der Waals surface area contributed by atoms with Crippen molar-refractivity contribution in [2.45, 2.75) is 53.3 Å². The Morgan fingerprint density at radius 3 is 2.66 bits per heavy atom. The maximum Gasteiger partial charge on any atom is 0.331 e. The summed E-state index contributed by atoms with van der Waals surface area (Å²) in [5, 5.41) is 15.6. The Morgan fingerprint density at radius 2 is 2.03 bits per heavy atom. The number of hydrogen-bond donors (Lipinski definition) is 1. The third kappa shape index (κ3) is 8.01. The van der Waals surface area contributed by atoms with Crippen LogP contribution in [0.15, 0.2) is 39.1 Å². The minimum absolute atomic E-state index is 0.0220. The molecule has 11 nitrogen and oxygen atoms in total. The van der Waals surface area contributed by atoms with Crippen LogP contribution < -0.4 is 21.3 Å². The minimum Gasteiger partial charge on any atom is -0.496 e. The topological polar surface area (TPSA) is 137 Å². The van der Waals surface area contributed by atoms with Crippen molar-refractivity contribution in [1.29, 1.82) is 5.26 Å². The molecule has 38 heavy (non-hydrogen) atoms. The van der Waals surface area contributed by atoms with Crippen molar-refractivity contribution in [3.05, 3.63) is 62.2 Å². The summed E-state index contributed by atoms with van der Waals surface area (Å²) in [7, 11) is 1.42. The summed E-state index contributed by atoms with van der Waals surface area (Å²) in [5.74, 6) is -0.677. The molecule has 0 fully saturated rings. The van der Waals surface area contributed by atoms with Gasteiger partial charge >= 0.3 is 5.69 Å². The molecule has 0 aliphatic heterocycles. The zero-order valence-corrected chi connectivity index (χ0v) is 22.3. The van der Waals surface area contributed by atoms with Gasteiger partial charge in [0.2, 0.25) is 5.91 Å². The van der Waals surface area contributed by atoms with Crippen LogP contribution >= 0.6 is 0 Å². The van der Waals surface area contributed by atoms with Crippen LogP contribution in [0.4, 0.5) is 4.39 Å². The molecule has 1 amide bonds. The SMILES string of the molecule is CCON=C(C)c1cn(CC(OCCC#N)c2cc(F)ccc2OC)c(=O)n(CCNC(=O)C(C)C)c1=O. The second-order valence-electron chi connectivity index (χ2n) is 8.63. The summed E-state index contributed by atoms with van der Waals surface area (Å²) in [6, 6.07) is 5.89. The van der Waals surface area contributed by atoms with Crippen LogP contribution in [0.1, 0.15) is 51.3 Å². The van der Waals surface area contributed by atoms with Gasteiger partial charge in [-0.05, 0) is 32.0 Å². The summed E-state index contributed by atoms with van der Waals surface area (Å²) in [4.78, 5) is 43.7. The largest absolute Gasteiger partial charge is 0.496 e. The van der Waals surface area contributed by atoms with Gasteiger partial charge in [0.25, 0.3) is 5.56 Å². The Kier molecular flexibility index (Phi) is 11.7. The van der Waals surface area contributed by atoms with E-state index in [-0.39, 0.29) is 62.4 Å². The van der Waals surface area contributed by atoms with Crippen LogP contribution in [-0.2, 0) is 27.5 Å². The summed E-state index contributed by atoms with van der Waals surface area (Å²) < 4.78 is 27.7. The standard InChI is InChI=1S/C26H34FN5O6/c1-6-38-30-18(4)21-15-31(26(35)32(25(21)34)12-11-29-24(33)17(2)3)16-23(37-13-7-10-28)20-14-19(27)8-9-22(20)36-5/h8-9,14-15,17,23H,6-7,11-13,16H2,1-5H3,(H,29,33). The van der Waals surface area contributed by atoms with Gasteiger partial charge in [0.1, 0.15) is 24.3 Å². The molecule has 2 aromatic rings. The Balaban J connectivity index is 2.60. The maximum absolute atomic E-state index is 14.2. The van der Waals surface area contributed by atoms with Gasteiger partial charge < -0.3 is 19.6 Å². The first-order valence-electron chi connectivity index (χ1n) is 12.2. The van der Waals surface area contributed by atoms with Gasteiger partial charge in [-0.2, -0.15) is 5.26 Å². The van der Waals surface area contributed by atoms with E-state index < -0.39 is 23.2 Å². The summed E-state index contributed by atoms with van der Waals surface area (Å²) in [5.41, 5.74) is -0.575. The number of carbonyl (C=O) groups excluding carboxylic acids is 1. The number of halogens is 1. The Hall–Kier alpha value is -3.98. The molecule has 0 saturated carbocycles. The maximum atomic E-state index is 14.2. The second kappa shape index (κ2) is 14.7. The van der Waals surface area contributed by atoms with Crippen molar-refractivity contribution in [2.75, 3.05) is 26.9 Å². The van der Waals surface area contributed by atoms with Gasteiger partial charge in [0.05, 0.1) is 44.0 Å². The number of nitriles is 1. The van der Waals surface area contributed by atoms with Crippen molar-refractivity contribution < 1.29 is 23.5 Å². The van der Waals surface area contributed by atoms with Crippen LogP contribution in [0.25, 0.3) is 0 Å². The van der Waals surface area contributed by atoms with Crippen LogP contribution in [0.2, 0.25) is 0 Å². The predicted octanol–water partition coefficient (Wildman–Crippen LogP) is 2.36. The lowest BCUT2D eigenvalue weighted by atomic mass is 10.1. The molecule has 0 radical (unpaired) electrons. The zero-order chi connectivity index (χ0) is 28.2. The normalized spacial score (nSPS) is 12.2. The van der Waals surface area contributed by atoms with E-state index in [2.05, 4.69) is 10.5 Å². The van der Waals surface area contributed by atoms with Crippen molar-refractivity contribution in [3.8, 4) is 11.8 Å². The monoisotopic (exact) mass is 531 g/mol. The van der Waals surface area contributed by atoms with Crippen molar-refractivity contribution in [2.24, 2.45) is 11.1 Å². The molecule has 206 valence electrons. The first kappa shape index (κ1) is 30.2. The summed E-state index contributed by atoms with van der Waals surface area (Å²) >= 11 is 0. The van der Waals surface area contributed by atoms with E-state index in [1.165, 1.54) is 36.1 Å². The number of nitrogens with zero attached hydrogens (tertiary/aromatic N) is 4. The highest BCUT2D eigenvalue weighted by atomic mass is 19.1. The van der Waals surface area contributed by atoms with Gasteiger partial charge in [-0.15, -0.1) is 0 Å². The highest BCUT2D eigenvalue weighted by molar-refractivity contribution is 5.97. The molecule has 0 saturated heterocycles. The Morgan fingerprint density at radius 1 is 1.29 bits per heavy atom. The molecule has 1 aromatic heterocycles. The zero-order valence-electron chi connectivity index (χ0n) is 22.3. The molecule has 0 bridgehead atoms. The average Bonchev–Trinajstić information content (AvgIpc) is 2.89. The smallest absolute Gasteiger partial charge is 0.331 e. The lowest BCUT2D eigenvalue weighted by Gasteiger charge is -2.22. The number of rotatable bonds is 14. The number of carbonyl (C=O) groups is 1. The lowest BCUT2D eigenvalue weighted by molar-refractivity contribution is -0.124. The number of nitrogens with one attached hydrogen (secondary N) is 1. The number of oxime groups is 1. The molecule has 1 aromatic carbocycles. The Labute approximate surface area is 220 Å².